The van der Waals surface area contributed by atoms with E-state index in [-0.39, 0.29) is 12.5 Å². The molecule has 0 saturated heterocycles. The van der Waals surface area contributed by atoms with Crippen LogP contribution in [0.1, 0.15) is 28.9 Å². The van der Waals surface area contributed by atoms with Crippen LogP contribution in [0.4, 0.5) is 5.69 Å². The summed E-state index contributed by atoms with van der Waals surface area (Å²) in [5.41, 5.74) is 1.89. The number of guanidine groups is 1. The number of aryl methyl sites for hydroxylation is 2. The average Bonchev–Trinajstić information content (AvgIpc) is 3.01. The summed E-state index contributed by atoms with van der Waals surface area (Å²) in [6, 6.07) is 7.65. The molecule has 1 amide bonds. The number of carbonyl (C=O) groups excluding carboxylic acids is 1. The topological polar surface area (TPSA) is 78.9 Å². The van der Waals surface area contributed by atoms with Crippen LogP contribution in [0.25, 0.3) is 0 Å². The molecule has 7 nitrogen and oxygen atoms in total. The Morgan fingerprint density at radius 3 is 2.89 bits per heavy atom. The summed E-state index contributed by atoms with van der Waals surface area (Å²) < 4.78 is 5.49. The molecule has 3 rings (SSSR count). The first-order valence-electron chi connectivity index (χ1n) is 9.55. The number of carbonyl (C=O) groups is 1. The lowest BCUT2D eigenvalue weighted by Crippen LogP contribution is -2.42. The molecule has 2 N–H and O–H groups in total. The molecule has 0 atom stereocenters. The molecule has 28 heavy (non-hydrogen) atoms. The van der Waals surface area contributed by atoms with Gasteiger partial charge in [0.2, 0.25) is 0 Å². The van der Waals surface area contributed by atoms with E-state index in [0.29, 0.717) is 13.1 Å². The lowest BCUT2D eigenvalue weighted by molar-refractivity contribution is -0.121. The van der Waals surface area contributed by atoms with Gasteiger partial charge in [0.05, 0.1) is 22.9 Å². The van der Waals surface area contributed by atoms with Gasteiger partial charge in [0.25, 0.3) is 5.91 Å². The Labute approximate surface area is 169 Å². The molecular formula is C20H27N5O2S. The van der Waals surface area contributed by atoms with Crippen molar-refractivity contribution in [3.05, 3.63) is 39.8 Å². The first-order chi connectivity index (χ1) is 13.6. The Hall–Kier alpha value is -2.61. The molecule has 0 unspecified atom stereocenters. The Bertz CT molecular complexity index is 849. The zero-order valence-electron chi connectivity index (χ0n) is 16.6. The zero-order chi connectivity index (χ0) is 19.9. The van der Waals surface area contributed by atoms with E-state index in [1.165, 1.54) is 4.88 Å². The molecule has 1 aromatic heterocycles. The fraction of sp³-hybridized carbons (Fsp3) is 0.450. The number of fused-ring (bicyclic) bond motifs is 1. The summed E-state index contributed by atoms with van der Waals surface area (Å²) >= 11 is 1.69. The van der Waals surface area contributed by atoms with E-state index in [1.807, 2.05) is 45.0 Å². The smallest absolute Gasteiger partial charge is 0.265 e. The van der Waals surface area contributed by atoms with E-state index >= 15 is 0 Å². The van der Waals surface area contributed by atoms with Gasteiger partial charge in [-0.3, -0.25) is 4.79 Å². The predicted octanol–water partition coefficient (Wildman–Crippen LogP) is 2.63. The molecule has 1 aromatic carbocycles. The van der Waals surface area contributed by atoms with Crippen LogP contribution in [0.3, 0.4) is 0 Å². The van der Waals surface area contributed by atoms with Gasteiger partial charge in [0.15, 0.2) is 12.6 Å². The lowest BCUT2D eigenvalue weighted by Gasteiger charge is -2.29. The standard InChI is InChI=1S/C20H27N5O2S/c1-4-21-20(23-12-18-14(2)24-15(3)28-18)22-10-7-11-25-16-8-5-6-9-17(16)27-13-19(25)26/h5-6,8-9H,4,7,10-13H2,1-3H3,(H2,21,22,23). The predicted molar refractivity (Wildman–Crippen MR) is 113 cm³/mol. The molecular weight excluding hydrogens is 374 g/mol. The second kappa shape index (κ2) is 9.54. The quantitative estimate of drug-likeness (QED) is 0.424. The number of thiazole rings is 1. The number of nitrogens with zero attached hydrogens (tertiary/aromatic N) is 3. The lowest BCUT2D eigenvalue weighted by atomic mass is 10.2. The number of amides is 1. The molecule has 0 saturated carbocycles. The molecule has 0 bridgehead atoms. The average molecular weight is 402 g/mol. The van der Waals surface area contributed by atoms with Gasteiger partial charge in [-0.2, -0.15) is 0 Å². The maximum atomic E-state index is 12.2. The van der Waals surface area contributed by atoms with Crippen LogP contribution in [0.2, 0.25) is 0 Å². The number of para-hydroxylation sites is 2. The summed E-state index contributed by atoms with van der Waals surface area (Å²) in [4.78, 5) is 24.3. The highest BCUT2D eigenvalue weighted by molar-refractivity contribution is 7.11. The highest BCUT2D eigenvalue weighted by atomic mass is 32.1. The van der Waals surface area contributed by atoms with Crippen molar-refractivity contribution in [2.45, 2.75) is 33.7 Å². The van der Waals surface area contributed by atoms with Crippen LogP contribution in [0.5, 0.6) is 5.75 Å². The number of aromatic nitrogens is 1. The molecule has 0 fully saturated rings. The summed E-state index contributed by atoms with van der Waals surface area (Å²) in [5.74, 6) is 1.54. The third-order valence-corrected chi connectivity index (χ3v) is 5.44. The van der Waals surface area contributed by atoms with Crippen molar-refractivity contribution in [1.29, 1.82) is 0 Å². The normalized spacial score (nSPS) is 13.9. The maximum Gasteiger partial charge on any atom is 0.265 e. The van der Waals surface area contributed by atoms with Gasteiger partial charge in [-0.15, -0.1) is 11.3 Å². The molecule has 1 aliphatic rings. The number of benzene rings is 1. The first-order valence-corrected chi connectivity index (χ1v) is 10.4. The van der Waals surface area contributed by atoms with Gasteiger partial charge < -0.3 is 20.3 Å². The van der Waals surface area contributed by atoms with E-state index in [4.69, 9.17) is 4.74 Å². The minimum atomic E-state index is -0.00434. The summed E-state index contributed by atoms with van der Waals surface area (Å²) in [6.07, 6.45) is 0.809. The number of nitrogens with one attached hydrogen (secondary N) is 2. The molecule has 2 heterocycles. The van der Waals surface area contributed by atoms with Crippen molar-refractivity contribution < 1.29 is 9.53 Å². The number of anilines is 1. The number of hydrogen-bond acceptors (Lipinski definition) is 5. The van der Waals surface area contributed by atoms with E-state index in [0.717, 1.165) is 47.6 Å². The van der Waals surface area contributed by atoms with Crippen LogP contribution < -0.4 is 20.3 Å². The van der Waals surface area contributed by atoms with Gasteiger partial charge in [-0.25, -0.2) is 9.98 Å². The molecule has 8 heteroatoms. The fourth-order valence-electron chi connectivity index (χ4n) is 3.06. The largest absolute Gasteiger partial charge is 0.482 e. The Kier molecular flexibility index (Phi) is 6.86. The van der Waals surface area contributed by atoms with Crippen LogP contribution in [0, 0.1) is 13.8 Å². The molecule has 150 valence electrons. The second-order valence-corrected chi connectivity index (χ2v) is 7.81. The van der Waals surface area contributed by atoms with E-state index in [9.17, 15) is 4.79 Å². The summed E-state index contributed by atoms with van der Waals surface area (Å²) in [6.45, 7) is 8.94. The number of hydrogen-bond donors (Lipinski definition) is 2. The van der Waals surface area contributed by atoms with Crippen molar-refractivity contribution in [3.63, 3.8) is 0 Å². The summed E-state index contributed by atoms with van der Waals surface area (Å²) in [5, 5.41) is 7.68. The third kappa shape index (κ3) is 5.01. The number of aliphatic imine (C=N–C) groups is 1. The fourth-order valence-corrected chi connectivity index (χ4v) is 3.92. The van der Waals surface area contributed by atoms with Gasteiger partial charge in [0, 0.05) is 24.5 Å². The number of rotatable bonds is 7. The van der Waals surface area contributed by atoms with Crippen molar-refractivity contribution in [3.8, 4) is 5.75 Å². The van der Waals surface area contributed by atoms with Gasteiger partial charge in [-0.1, -0.05) is 12.1 Å². The molecule has 0 radical (unpaired) electrons. The first kappa shape index (κ1) is 20.1. The summed E-state index contributed by atoms with van der Waals surface area (Å²) in [7, 11) is 0. The van der Waals surface area contributed by atoms with Crippen LogP contribution in [0.15, 0.2) is 29.3 Å². The van der Waals surface area contributed by atoms with Gasteiger partial charge in [0.1, 0.15) is 5.75 Å². The maximum absolute atomic E-state index is 12.2. The highest BCUT2D eigenvalue weighted by Crippen LogP contribution is 2.31. The van der Waals surface area contributed by atoms with E-state index < -0.39 is 0 Å². The van der Waals surface area contributed by atoms with Crippen LogP contribution in [-0.4, -0.2) is 43.1 Å². The molecule has 0 spiro atoms. The minimum absolute atomic E-state index is 0.00434. The number of ether oxygens (including phenoxy) is 1. The van der Waals surface area contributed by atoms with E-state index in [2.05, 4.69) is 20.6 Å². The third-order valence-electron chi connectivity index (χ3n) is 4.38. The van der Waals surface area contributed by atoms with Crippen molar-refractivity contribution >= 4 is 28.9 Å². The second-order valence-electron chi connectivity index (χ2n) is 6.52. The van der Waals surface area contributed by atoms with E-state index in [1.54, 1.807) is 16.2 Å². The molecule has 2 aromatic rings. The van der Waals surface area contributed by atoms with Crippen LogP contribution in [-0.2, 0) is 11.3 Å². The van der Waals surface area contributed by atoms with Crippen molar-refractivity contribution in [2.24, 2.45) is 4.99 Å². The van der Waals surface area contributed by atoms with Crippen LogP contribution >= 0.6 is 11.3 Å². The van der Waals surface area contributed by atoms with Crippen molar-refractivity contribution in [1.82, 2.24) is 15.6 Å². The highest BCUT2D eigenvalue weighted by Gasteiger charge is 2.24. The van der Waals surface area contributed by atoms with Crippen molar-refractivity contribution in [2.75, 3.05) is 31.1 Å². The van der Waals surface area contributed by atoms with Gasteiger partial charge >= 0.3 is 0 Å². The zero-order valence-corrected chi connectivity index (χ0v) is 17.4. The SMILES string of the molecule is CCNC(=NCc1sc(C)nc1C)NCCCN1C(=O)COc2ccccc21. The van der Waals surface area contributed by atoms with Gasteiger partial charge in [-0.05, 0) is 39.3 Å². The Morgan fingerprint density at radius 1 is 1.32 bits per heavy atom. The molecule has 0 aliphatic carbocycles. The Balaban J connectivity index is 1.53. The molecule has 1 aliphatic heterocycles. The Morgan fingerprint density at radius 2 is 2.14 bits per heavy atom. The minimum Gasteiger partial charge on any atom is -0.482 e. The monoisotopic (exact) mass is 401 g/mol.